The molecule has 1 atom stereocenters. The molecule has 0 saturated carbocycles. The molecule has 0 aliphatic carbocycles. The second-order valence-electron chi connectivity index (χ2n) is 4.59. The van der Waals surface area contributed by atoms with Gasteiger partial charge in [-0.05, 0) is 42.3 Å². The maximum absolute atomic E-state index is 12.1. The smallest absolute Gasteiger partial charge is 0.241 e. The molecule has 2 rings (SSSR count). The molecule has 0 aromatic heterocycles. The summed E-state index contributed by atoms with van der Waals surface area (Å²) >= 11 is 9.34. The van der Waals surface area contributed by atoms with Gasteiger partial charge in [0, 0.05) is 4.47 Å². The average molecular weight is 370 g/mol. The predicted molar refractivity (Wildman–Crippen MR) is 87.6 cm³/mol. The molecule has 0 spiro atoms. The standard InChI is InChI=1S/C15H14BrClN2O2/c16-10-3-6-14(12(17)8-10)19-15(21)13(18)7-9-1-4-11(20)5-2-9/h1-6,8,13,20H,7,18H2,(H,19,21). The summed E-state index contributed by atoms with van der Waals surface area (Å²) in [5.74, 6) is -0.134. The second-order valence-corrected chi connectivity index (χ2v) is 5.91. The zero-order chi connectivity index (χ0) is 15.4. The molecule has 0 heterocycles. The molecule has 21 heavy (non-hydrogen) atoms. The number of nitrogens with one attached hydrogen (secondary N) is 1. The molecule has 0 aliphatic rings. The van der Waals surface area contributed by atoms with Crippen molar-refractivity contribution >= 4 is 39.1 Å². The Morgan fingerprint density at radius 2 is 1.95 bits per heavy atom. The van der Waals surface area contributed by atoms with Gasteiger partial charge in [-0.3, -0.25) is 4.79 Å². The molecule has 4 N–H and O–H groups in total. The van der Waals surface area contributed by atoms with Crippen molar-refractivity contribution in [2.45, 2.75) is 12.5 Å². The van der Waals surface area contributed by atoms with E-state index in [1.54, 1.807) is 42.5 Å². The molecule has 6 heteroatoms. The van der Waals surface area contributed by atoms with Crippen molar-refractivity contribution in [3.8, 4) is 5.75 Å². The molecule has 0 fully saturated rings. The number of anilines is 1. The minimum absolute atomic E-state index is 0.179. The Hall–Kier alpha value is -1.56. The number of aromatic hydroxyl groups is 1. The minimum Gasteiger partial charge on any atom is -0.508 e. The van der Waals surface area contributed by atoms with Gasteiger partial charge >= 0.3 is 0 Å². The Bertz CT molecular complexity index is 647. The number of phenols is 1. The van der Waals surface area contributed by atoms with Gasteiger partial charge in [0.1, 0.15) is 5.75 Å². The molecular formula is C15H14BrClN2O2. The summed E-state index contributed by atoms with van der Waals surface area (Å²) in [6.45, 7) is 0. The molecular weight excluding hydrogens is 356 g/mol. The van der Waals surface area contributed by atoms with E-state index in [-0.39, 0.29) is 11.7 Å². The molecule has 1 unspecified atom stereocenters. The van der Waals surface area contributed by atoms with E-state index in [1.165, 1.54) is 0 Å². The zero-order valence-electron chi connectivity index (χ0n) is 11.0. The highest BCUT2D eigenvalue weighted by atomic mass is 79.9. The number of carbonyl (C=O) groups excluding carboxylic acids is 1. The fraction of sp³-hybridized carbons (Fsp3) is 0.133. The van der Waals surface area contributed by atoms with Crippen molar-refractivity contribution in [1.29, 1.82) is 0 Å². The van der Waals surface area contributed by atoms with Crippen LogP contribution < -0.4 is 11.1 Å². The van der Waals surface area contributed by atoms with Gasteiger partial charge in [0.25, 0.3) is 0 Å². The summed E-state index contributed by atoms with van der Waals surface area (Å²) in [5, 5.41) is 12.4. The van der Waals surface area contributed by atoms with Gasteiger partial charge < -0.3 is 16.2 Å². The van der Waals surface area contributed by atoms with Crippen LogP contribution >= 0.6 is 27.5 Å². The fourth-order valence-corrected chi connectivity index (χ4v) is 2.52. The zero-order valence-corrected chi connectivity index (χ0v) is 13.4. The third kappa shape index (κ3) is 4.46. The summed E-state index contributed by atoms with van der Waals surface area (Å²) in [7, 11) is 0. The number of hydrogen-bond acceptors (Lipinski definition) is 3. The van der Waals surface area contributed by atoms with E-state index in [4.69, 9.17) is 17.3 Å². The maximum Gasteiger partial charge on any atom is 0.241 e. The lowest BCUT2D eigenvalue weighted by atomic mass is 10.1. The monoisotopic (exact) mass is 368 g/mol. The third-order valence-electron chi connectivity index (χ3n) is 2.92. The second kappa shape index (κ2) is 6.93. The number of halogens is 2. The van der Waals surface area contributed by atoms with E-state index in [1.807, 2.05) is 0 Å². The first-order chi connectivity index (χ1) is 9.95. The van der Waals surface area contributed by atoms with Crippen molar-refractivity contribution in [2.24, 2.45) is 5.73 Å². The van der Waals surface area contributed by atoms with Crippen LogP contribution in [0, 0.1) is 0 Å². The van der Waals surface area contributed by atoms with Gasteiger partial charge in [-0.15, -0.1) is 0 Å². The number of rotatable bonds is 4. The van der Waals surface area contributed by atoms with Gasteiger partial charge in [0.2, 0.25) is 5.91 Å². The van der Waals surface area contributed by atoms with Crippen LogP contribution in [0.2, 0.25) is 5.02 Å². The van der Waals surface area contributed by atoms with Crippen LogP contribution in [0.4, 0.5) is 5.69 Å². The first-order valence-corrected chi connectivity index (χ1v) is 7.42. The van der Waals surface area contributed by atoms with E-state index in [2.05, 4.69) is 21.2 Å². The molecule has 2 aromatic carbocycles. The highest BCUT2D eigenvalue weighted by molar-refractivity contribution is 9.10. The van der Waals surface area contributed by atoms with Gasteiger partial charge in [0.15, 0.2) is 0 Å². The Morgan fingerprint density at radius 3 is 2.57 bits per heavy atom. The fourth-order valence-electron chi connectivity index (χ4n) is 1.79. The van der Waals surface area contributed by atoms with Gasteiger partial charge in [0.05, 0.1) is 16.8 Å². The summed E-state index contributed by atoms with van der Waals surface area (Å²) in [6.07, 6.45) is 0.375. The quantitative estimate of drug-likeness (QED) is 0.774. The third-order valence-corrected chi connectivity index (χ3v) is 3.72. The van der Waals surface area contributed by atoms with Crippen molar-refractivity contribution in [3.63, 3.8) is 0 Å². The number of phenolic OH excluding ortho intramolecular Hbond substituents is 1. The van der Waals surface area contributed by atoms with Crippen molar-refractivity contribution in [1.82, 2.24) is 0 Å². The number of carbonyl (C=O) groups is 1. The van der Waals surface area contributed by atoms with Gasteiger partial charge in [-0.25, -0.2) is 0 Å². The van der Waals surface area contributed by atoms with E-state index in [0.717, 1.165) is 10.0 Å². The normalized spacial score (nSPS) is 12.0. The molecule has 110 valence electrons. The van der Waals surface area contributed by atoms with Crippen LogP contribution in [0.15, 0.2) is 46.9 Å². The SMILES string of the molecule is NC(Cc1ccc(O)cc1)C(=O)Nc1ccc(Br)cc1Cl. The number of amides is 1. The van der Waals surface area contributed by atoms with Crippen LogP contribution in [-0.2, 0) is 11.2 Å². The summed E-state index contributed by atoms with van der Waals surface area (Å²) < 4.78 is 0.832. The predicted octanol–water partition coefficient (Wildman–Crippen LogP) is 3.32. The lowest BCUT2D eigenvalue weighted by molar-refractivity contribution is -0.117. The molecule has 0 aliphatic heterocycles. The first kappa shape index (κ1) is 15.8. The van der Waals surface area contributed by atoms with Crippen LogP contribution in [0.1, 0.15) is 5.56 Å². The molecule has 0 saturated heterocycles. The van der Waals surface area contributed by atoms with Crippen molar-refractivity contribution < 1.29 is 9.90 Å². The topological polar surface area (TPSA) is 75.3 Å². The largest absolute Gasteiger partial charge is 0.508 e. The molecule has 0 bridgehead atoms. The van der Waals surface area contributed by atoms with Gasteiger partial charge in [-0.2, -0.15) is 0 Å². The summed E-state index contributed by atoms with van der Waals surface area (Å²) in [5.41, 5.74) is 7.28. The van der Waals surface area contributed by atoms with Crippen molar-refractivity contribution in [2.75, 3.05) is 5.32 Å². The van der Waals surface area contributed by atoms with Crippen LogP contribution in [0.5, 0.6) is 5.75 Å². The Labute approximate surface area is 136 Å². The molecule has 2 aromatic rings. The van der Waals surface area contributed by atoms with E-state index < -0.39 is 6.04 Å². The first-order valence-electron chi connectivity index (χ1n) is 6.25. The minimum atomic E-state index is -0.700. The molecule has 1 amide bonds. The Kier molecular flexibility index (Phi) is 5.22. The highest BCUT2D eigenvalue weighted by Gasteiger charge is 2.15. The average Bonchev–Trinajstić information content (AvgIpc) is 2.44. The number of hydrogen-bond donors (Lipinski definition) is 3. The van der Waals surface area contributed by atoms with Crippen molar-refractivity contribution in [3.05, 3.63) is 57.5 Å². The van der Waals surface area contributed by atoms with Gasteiger partial charge in [-0.1, -0.05) is 39.7 Å². The van der Waals surface area contributed by atoms with Crippen LogP contribution in [0.25, 0.3) is 0 Å². The Morgan fingerprint density at radius 1 is 1.29 bits per heavy atom. The van der Waals surface area contributed by atoms with Crippen LogP contribution in [0.3, 0.4) is 0 Å². The highest BCUT2D eigenvalue weighted by Crippen LogP contribution is 2.25. The summed E-state index contributed by atoms with van der Waals surface area (Å²) in [4.78, 5) is 12.1. The molecule has 4 nitrogen and oxygen atoms in total. The van der Waals surface area contributed by atoms with E-state index in [0.29, 0.717) is 17.1 Å². The lowest BCUT2D eigenvalue weighted by Crippen LogP contribution is -2.37. The lowest BCUT2D eigenvalue weighted by Gasteiger charge is -2.13. The van der Waals surface area contributed by atoms with E-state index in [9.17, 15) is 9.90 Å². The number of benzene rings is 2. The number of nitrogens with two attached hydrogens (primary N) is 1. The van der Waals surface area contributed by atoms with E-state index >= 15 is 0 Å². The summed E-state index contributed by atoms with van der Waals surface area (Å²) in [6, 6.07) is 11.1. The van der Waals surface area contributed by atoms with Crippen LogP contribution in [-0.4, -0.2) is 17.1 Å². The maximum atomic E-state index is 12.1. The molecule has 0 radical (unpaired) electrons. The Balaban J connectivity index is 2.00.